The molecule has 1 aromatic heterocycles. The third kappa shape index (κ3) is 3.54. The van der Waals surface area contributed by atoms with Gasteiger partial charge in [-0.25, -0.2) is 0 Å². The second-order valence-corrected chi connectivity index (χ2v) is 4.29. The molecular formula is C12H20O2. The largest absolute Gasteiger partial charge is 0.466 e. The number of hydrogen-bond acceptors (Lipinski definition) is 2. The summed E-state index contributed by atoms with van der Waals surface area (Å²) in [6.45, 7) is 5.93. The molecule has 0 saturated carbocycles. The molecule has 0 amide bonds. The van der Waals surface area contributed by atoms with Gasteiger partial charge in [0, 0.05) is 6.42 Å². The van der Waals surface area contributed by atoms with Crippen LogP contribution in [0.4, 0.5) is 0 Å². The van der Waals surface area contributed by atoms with Crippen LogP contribution in [-0.4, -0.2) is 10.7 Å². The molecule has 0 radical (unpaired) electrons. The Hall–Kier alpha value is -0.760. The summed E-state index contributed by atoms with van der Waals surface area (Å²) in [5, 5.41) is 10.0. The summed E-state index contributed by atoms with van der Waals surface area (Å²) in [5.74, 6) is 1.79. The molecule has 0 aliphatic carbocycles. The summed E-state index contributed by atoms with van der Waals surface area (Å²) >= 11 is 0. The van der Waals surface area contributed by atoms with Crippen LogP contribution in [0.3, 0.4) is 0 Å². The van der Waals surface area contributed by atoms with Crippen LogP contribution in [-0.2, 0) is 6.42 Å². The first kappa shape index (κ1) is 11.3. The second-order valence-electron chi connectivity index (χ2n) is 4.29. The van der Waals surface area contributed by atoms with Crippen LogP contribution in [0.5, 0.6) is 0 Å². The maximum atomic E-state index is 10.0. The van der Waals surface area contributed by atoms with Crippen LogP contribution < -0.4 is 0 Å². The molecule has 0 spiro atoms. The minimum atomic E-state index is -0.625. The lowest BCUT2D eigenvalue weighted by Crippen LogP contribution is -2.26. The molecule has 1 atom stereocenters. The van der Waals surface area contributed by atoms with Gasteiger partial charge >= 0.3 is 0 Å². The van der Waals surface area contributed by atoms with Gasteiger partial charge in [0.1, 0.15) is 11.5 Å². The molecular weight excluding hydrogens is 176 g/mol. The monoisotopic (exact) mass is 196 g/mol. The van der Waals surface area contributed by atoms with E-state index in [2.05, 4.69) is 6.92 Å². The maximum Gasteiger partial charge on any atom is 0.107 e. The molecule has 0 aliphatic rings. The molecule has 1 N–H and O–H groups in total. The van der Waals surface area contributed by atoms with Crippen molar-refractivity contribution in [3.63, 3.8) is 0 Å². The Morgan fingerprint density at radius 3 is 2.64 bits per heavy atom. The predicted octanol–water partition coefficient (Wildman–Crippen LogP) is 3.07. The fraction of sp³-hybridized carbons (Fsp3) is 0.667. The molecule has 0 saturated heterocycles. The van der Waals surface area contributed by atoms with E-state index in [1.807, 2.05) is 26.0 Å². The highest BCUT2D eigenvalue weighted by Crippen LogP contribution is 2.20. The predicted molar refractivity (Wildman–Crippen MR) is 57.3 cm³/mol. The lowest BCUT2D eigenvalue weighted by molar-refractivity contribution is 0.0438. The zero-order valence-electron chi connectivity index (χ0n) is 9.34. The molecule has 1 heterocycles. The van der Waals surface area contributed by atoms with Crippen molar-refractivity contribution in [2.24, 2.45) is 0 Å². The fourth-order valence-corrected chi connectivity index (χ4v) is 1.60. The Labute approximate surface area is 85.9 Å². The molecule has 1 aromatic rings. The topological polar surface area (TPSA) is 33.4 Å². The van der Waals surface area contributed by atoms with Crippen molar-refractivity contribution in [1.82, 2.24) is 0 Å². The number of unbranched alkanes of at least 4 members (excludes halogenated alkanes) is 1. The van der Waals surface area contributed by atoms with Crippen molar-refractivity contribution in [3.05, 3.63) is 23.7 Å². The van der Waals surface area contributed by atoms with E-state index in [-0.39, 0.29) is 0 Å². The number of aliphatic hydroxyl groups is 1. The van der Waals surface area contributed by atoms with E-state index in [1.54, 1.807) is 0 Å². The van der Waals surface area contributed by atoms with Crippen LogP contribution in [0, 0.1) is 6.92 Å². The number of rotatable bonds is 5. The molecule has 2 nitrogen and oxygen atoms in total. The van der Waals surface area contributed by atoms with Crippen LogP contribution in [0.1, 0.15) is 44.6 Å². The number of aryl methyl sites for hydroxylation is 1. The van der Waals surface area contributed by atoms with Crippen LogP contribution in [0.25, 0.3) is 0 Å². The molecule has 14 heavy (non-hydrogen) atoms. The van der Waals surface area contributed by atoms with E-state index in [0.29, 0.717) is 6.42 Å². The summed E-state index contributed by atoms with van der Waals surface area (Å²) in [6, 6.07) is 3.88. The van der Waals surface area contributed by atoms with Crippen molar-refractivity contribution in [2.45, 2.75) is 52.1 Å². The Bertz CT molecular complexity index is 274. The number of hydrogen-bond donors (Lipinski definition) is 1. The lowest BCUT2D eigenvalue weighted by atomic mass is 9.94. The zero-order valence-corrected chi connectivity index (χ0v) is 9.34. The molecule has 0 fully saturated rings. The third-order valence-electron chi connectivity index (χ3n) is 2.42. The first-order valence-corrected chi connectivity index (χ1v) is 5.31. The van der Waals surface area contributed by atoms with Gasteiger partial charge in [-0.2, -0.15) is 0 Å². The maximum absolute atomic E-state index is 10.0. The summed E-state index contributed by atoms with van der Waals surface area (Å²) in [7, 11) is 0. The number of furan rings is 1. The summed E-state index contributed by atoms with van der Waals surface area (Å²) in [6.07, 6.45) is 3.63. The molecule has 1 unspecified atom stereocenters. The minimum absolute atomic E-state index is 0.612. The van der Waals surface area contributed by atoms with Gasteiger partial charge in [0.05, 0.1) is 5.60 Å². The molecule has 0 aliphatic heterocycles. The van der Waals surface area contributed by atoms with Gasteiger partial charge in [-0.15, -0.1) is 0 Å². The molecule has 80 valence electrons. The first-order valence-electron chi connectivity index (χ1n) is 5.31. The van der Waals surface area contributed by atoms with Crippen LogP contribution in [0.2, 0.25) is 0 Å². The van der Waals surface area contributed by atoms with Crippen molar-refractivity contribution >= 4 is 0 Å². The van der Waals surface area contributed by atoms with Gasteiger partial charge in [0.25, 0.3) is 0 Å². The van der Waals surface area contributed by atoms with Crippen LogP contribution >= 0.6 is 0 Å². The van der Waals surface area contributed by atoms with Gasteiger partial charge in [0.15, 0.2) is 0 Å². The third-order valence-corrected chi connectivity index (χ3v) is 2.42. The highest BCUT2D eigenvalue weighted by Gasteiger charge is 2.21. The average Bonchev–Trinajstić information content (AvgIpc) is 2.47. The smallest absolute Gasteiger partial charge is 0.107 e. The van der Waals surface area contributed by atoms with Crippen molar-refractivity contribution in [3.8, 4) is 0 Å². The van der Waals surface area contributed by atoms with Gasteiger partial charge in [-0.05, 0) is 32.4 Å². The van der Waals surface area contributed by atoms with E-state index in [1.165, 1.54) is 0 Å². The van der Waals surface area contributed by atoms with E-state index >= 15 is 0 Å². The minimum Gasteiger partial charge on any atom is -0.466 e. The van der Waals surface area contributed by atoms with Crippen molar-refractivity contribution in [2.75, 3.05) is 0 Å². The van der Waals surface area contributed by atoms with Crippen molar-refractivity contribution in [1.29, 1.82) is 0 Å². The Balaban J connectivity index is 2.49. The summed E-state index contributed by atoms with van der Waals surface area (Å²) in [4.78, 5) is 0. The normalized spacial score (nSPS) is 15.4. The standard InChI is InChI=1S/C12H20O2/c1-4-5-8-12(3,13)9-11-7-6-10(2)14-11/h6-7,13H,4-5,8-9H2,1-3H3. The Morgan fingerprint density at radius 2 is 2.14 bits per heavy atom. The highest BCUT2D eigenvalue weighted by molar-refractivity contribution is 5.07. The first-order chi connectivity index (χ1) is 6.53. The van der Waals surface area contributed by atoms with Gasteiger partial charge in [-0.3, -0.25) is 0 Å². The Morgan fingerprint density at radius 1 is 1.43 bits per heavy atom. The van der Waals surface area contributed by atoms with Gasteiger partial charge < -0.3 is 9.52 Å². The van der Waals surface area contributed by atoms with E-state index in [4.69, 9.17) is 4.42 Å². The zero-order chi connectivity index (χ0) is 10.6. The molecule has 1 rings (SSSR count). The van der Waals surface area contributed by atoms with Gasteiger partial charge in [0.2, 0.25) is 0 Å². The average molecular weight is 196 g/mol. The summed E-state index contributed by atoms with van der Waals surface area (Å²) < 4.78 is 5.44. The van der Waals surface area contributed by atoms with E-state index < -0.39 is 5.60 Å². The summed E-state index contributed by atoms with van der Waals surface area (Å²) in [5.41, 5.74) is -0.625. The van der Waals surface area contributed by atoms with E-state index in [0.717, 1.165) is 30.8 Å². The highest BCUT2D eigenvalue weighted by atomic mass is 16.3. The molecule has 2 heteroatoms. The van der Waals surface area contributed by atoms with Crippen molar-refractivity contribution < 1.29 is 9.52 Å². The lowest BCUT2D eigenvalue weighted by Gasteiger charge is -2.21. The fourth-order valence-electron chi connectivity index (χ4n) is 1.60. The quantitative estimate of drug-likeness (QED) is 0.785. The van der Waals surface area contributed by atoms with E-state index in [9.17, 15) is 5.11 Å². The molecule has 0 bridgehead atoms. The Kier molecular flexibility index (Phi) is 3.76. The SMILES string of the molecule is CCCCC(C)(O)Cc1ccc(C)o1. The van der Waals surface area contributed by atoms with Gasteiger partial charge in [-0.1, -0.05) is 19.8 Å². The second kappa shape index (κ2) is 4.65. The van der Waals surface area contributed by atoms with Crippen LogP contribution in [0.15, 0.2) is 16.5 Å². The molecule has 0 aromatic carbocycles.